The Morgan fingerprint density at radius 1 is 0.979 bits per heavy atom. The molecule has 0 amide bonds. The maximum Gasteiger partial charge on any atom is 0.330 e. The van der Waals surface area contributed by atoms with Crippen LogP contribution in [0, 0.1) is 5.41 Å². The van der Waals surface area contributed by atoms with Gasteiger partial charge in [0.25, 0.3) is 0 Å². The van der Waals surface area contributed by atoms with Crippen molar-refractivity contribution in [2.24, 2.45) is 5.41 Å². The molecule has 0 radical (unpaired) electrons. The number of hydrogen-bond acceptors (Lipinski definition) is 8. The highest BCUT2D eigenvalue weighted by atomic mass is 28.4. The minimum atomic E-state index is -2.13. The molecule has 0 unspecified atom stereocenters. The highest BCUT2D eigenvalue weighted by Gasteiger charge is 2.54. The highest BCUT2D eigenvalue weighted by Crippen LogP contribution is 2.45. The molecule has 0 bridgehead atoms. The number of esters is 1. The Labute approximate surface area is 283 Å². The minimum Gasteiger partial charge on any atom is -0.497 e. The molecule has 2 aromatic rings. The number of methoxy groups -OCH3 is 2. The zero-order valence-electron chi connectivity index (χ0n) is 30.3. The van der Waals surface area contributed by atoms with E-state index < -0.39 is 31.4 Å². The van der Waals surface area contributed by atoms with Gasteiger partial charge in [0.05, 0.1) is 45.7 Å². The predicted octanol–water partition coefficient (Wildman–Crippen LogP) is 7.84. The second kappa shape index (κ2) is 16.1. The molecule has 4 atom stereocenters. The standard InChI is InChI=1S/C38H56O8Si/c1-27(43-24-28-15-13-12-14-16-28)33(44-25-29-17-19-31(41-8)20-18-29)23-32-21-30(22-34(39)42-9)35(40)38(7,46-32)37(5,6)26-45-47(10,11)36(2,3)4/h12-20,22,27,32-33H,21,23-26H2,1-11H3/b30-22+/t27-,32-,33+,38+/m0/s1. The number of hydrogen-bond donors (Lipinski definition) is 0. The molecule has 260 valence electrons. The number of carbonyl (C=O) groups excluding carboxylic acids is 2. The molecule has 0 aliphatic carbocycles. The minimum absolute atomic E-state index is 0.00420. The molecule has 0 aromatic heterocycles. The fraction of sp³-hybridized carbons (Fsp3) is 0.579. The molecule has 9 heteroatoms. The first-order chi connectivity index (χ1) is 21.9. The van der Waals surface area contributed by atoms with E-state index in [-0.39, 0.29) is 29.5 Å². The van der Waals surface area contributed by atoms with Gasteiger partial charge in [0.2, 0.25) is 0 Å². The lowest BCUT2D eigenvalue weighted by Crippen LogP contribution is -2.59. The van der Waals surface area contributed by atoms with Crippen LogP contribution < -0.4 is 4.74 Å². The van der Waals surface area contributed by atoms with Crippen LogP contribution in [-0.4, -0.2) is 64.8 Å². The van der Waals surface area contributed by atoms with E-state index in [0.717, 1.165) is 16.9 Å². The van der Waals surface area contributed by atoms with Crippen molar-refractivity contribution >= 4 is 20.1 Å². The summed E-state index contributed by atoms with van der Waals surface area (Å²) in [6, 6.07) is 17.8. The van der Waals surface area contributed by atoms with E-state index in [9.17, 15) is 9.59 Å². The Hall–Kier alpha value is -2.82. The quantitative estimate of drug-likeness (QED) is 0.108. The summed E-state index contributed by atoms with van der Waals surface area (Å²) in [5.74, 6) is -0.0277. The zero-order chi connectivity index (χ0) is 35.0. The SMILES string of the molecule is COC(=O)/C=C1\C[C@@H](C[C@@H](OCc2ccc(OC)cc2)[C@H](C)OCc2ccccc2)O[C@@](C)(C(C)(C)CO[Si](C)(C)C(C)(C)C)C1=O. The molecule has 8 nitrogen and oxygen atoms in total. The van der Waals surface area contributed by atoms with E-state index in [4.69, 9.17) is 28.1 Å². The summed E-state index contributed by atoms with van der Waals surface area (Å²) in [6.45, 7) is 19.9. The smallest absolute Gasteiger partial charge is 0.330 e. The molecule has 0 spiro atoms. The fourth-order valence-electron chi connectivity index (χ4n) is 5.20. The van der Waals surface area contributed by atoms with Gasteiger partial charge >= 0.3 is 5.97 Å². The molecule has 1 saturated heterocycles. The van der Waals surface area contributed by atoms with Crippen molar-refractivity contribution in [3.8, 4) is 5.75 Å². The van der Waals surface area contributed by atoms with Crippen LogP contribution in [0.4, 0.5) is 0 Å². The first-order valence-corrected chi connectivity index (χ1v) is 19.4. The number of benzene rings is 2. The molecule has 0 N–H and O–H groups in total. The zero-order valence-corrected chi connectivity index (χ0v) is 31.3. The summed E-state index contributed by atoms with van der Waals surface area (Å²) in [6.07, 6.45) is 0.870. The van der Waals surface area contributed by atoms with Crippen LogP contribution >= 0.6 is 0 Å². The summed E-state index contributed by atoms with van der Waals surface area (Å²) in [4.78, 5) is 26.6. The average molecular weight is 669 g/mol. The fourth-order valence-corrected chi connectivity index (χ4v) is 6.36. The Kier molecular flexibility index (Phi) is 13.2. The Morgan fingerprint density at radius 3 is 2.15 bits per heavy atom. The Morgan fingerprint density at radius 2 is 1.57 bits per heavy atom. The second-order valence-electron chi connectivity index (χ2n) is 14.9. The molecule has 3 rings (SSSR count). The summed E-state index contributed by atoms with van der Waals surface area (Å²) in [5.41, 5.74) is 0.440. The van der Waals surface area contributed by atoms with E-state index in [2.05, 4.69) is 33.9 Å². The first kappa shape index (κ1) is 38.6. The van der Waals surface area contributed by atoms with Crippen LogP contribution in [0.2, 0.25) is 18.1 Å². The third-order valence-corrected chi connectivity index (χ3v) is 14.4. The number of ketones is 1. The van der Waals surface area contributed by atoms with Gasteiger partial charge < -0.3 is 28.1 Å². The third-order valence-electron chi connectivity index (χ3n) is 9.96. The van der Waals surface area contributed by atoms with Gasteiger partial charge in [0.1, 0.15) is 11.4 Å². The van der Waals surface area contributed by atoms with Gasteiger partial charge in [0, 0.05) is 36.5 Å². The van der Waals surface area contributed by atoms with Crippen molar-refractivity contribution in [2.45, 2.75) is 117 Å². The van der Waals surface area contributed by atoms with Crippen LogP contribution in [0.3, 0.4) is 0 Å². The third kappa shape index (κ3) is 10.1. The van der Waals surface area contributed by atoms with Crippen LogP contribution in [0.1, 0.15) is 72.4 Å². The largest absolute Gasteiger partial charge is 0.497 e. The average Bonchev–Trinajstić information content (AvgIpc) is 3.03. The molecular weight excluding hydrogens is 612 g/mol. The number of Topliss-reactive ketones (excluding diaryl/α,β-unsaturated/α-hetero) is 1. The normalized spacial score (nSPS) is 21.4. The maximum atomic E-state index is 14.1. The van der Waals surface area contributed by atoms with Gasteiger partial charge in [-0.25, -0.2) is 4.79 Å². The molecular formula is C38H56O8Si. The van der Waals surface area contributed by atoms with Crippen LogP contribution in [0.25, 0.3) is 0 Å². The van der Waals surface area contributed by atoms with E-state index in [1.54, 1.807) is 7.11 Å². The van der Waals surface area contributed by atoms with Gasteiger partial charge in [-0.1, -0.05) is 77.1 Å². The van der Waals surface area contributed by atoms with Gasteiger partial charge in [-0.3, -0.25) is 4.79 Å². The summed E-state index contributed by atoms with van der Waals surface area (Å²) >= 11 is 0. The van der Waals surface area contributed by atoms with Crippen molar-refractivity contribution in [1.29, 1.82) is 0 Å². The number of ether oxygens (including phenoxy) is 5. The van der Waals surface area contributed by atoms with Crippen molar-refractivity contribution in [3.63, 3.8) is 0 Å². The van der Waals surface area contributed by atoms with Crippen molar-refractivity contribution in [2.75, 3.05) is 20.8 Å². The van der Waals surface area contributed by atoms with Gasteiger partial charge in [-0.15, -0.1) is 0 Å². The Bertz CT molecular complexity index is 1350. The number of rotatable bonds is 15. The lowest BCUT2D eigenvalue weighted by atomic mass is 9.69. The van der Waals surface area contributed by atoms with Gasteiger partial charge in [0.15, 0.2) is 14.1 Å². The van der Waals surface area contributed by atoms with E-state index in [1.807, 2.05) is 82.3 Å². The molecule has 1 aliphatic rings. The molecule has 0 saturated carbocycles. The number of carbonyl (C=O) groups is 2. The van der Waals surface area contributed by atoms with Crippen molar-refractivity contribution < 1.29 is 37.7 Å². The van der Waals surface area contributed by atoms with E-state index in [1.165, 1.54) is 13.2 Å². The molecule has 47 heavy (non-hydrogen) atoms. The maximum absolute atomic E-state index is 14.1. The highest BCUT2D eigenvalue weighted by molar-refractivity contribution is 6.74. The molecule has 1 fully saturated rings. The second-order valence-corrected chi connectivity index (χ2v) is 19.7. The van der Waals surface area contributed by atoms with Gasteiger partial charge in [-0.2, -0.15) is 0 Å². The molecule has 1 heterocycles. The Balaban J connectivity index is 1.91. The monoisotopic (exact) mass is 668 g/mol. The van der Waals surface area contributed by atoms with Crippen LogP contribution in [0.15, 0.2) is 66.2 Å². The van der Waals surface area contributed by atoms with E-state index in [0.29, 0.717) is 31.8 Å². The first-order valence-electron chi connectivity index (χ1n) is 16.5. The summed E-state index contributed by atoms with van der Waals surface area (Å²) < 4.78 is 36.6. The van der Waals surface area contributed by atoms with Crippen molar-refractivity contribution in [3.05, 3.63) is 77.4 Å². The van der Waals surface area contributed by atoms with E-state index >= 15 is 0 Å². The van der Waals surface area contributed by atoms with Crippen molar-refractivity contribution in [1.82, 2.24) is 0 Å². The van der Waals surface area contributed by atoms with Crippen LogP contribution in [-0.2, 0) is 46.2 Å². The predicted molar refractivity (Wildman–Crippen MR) is 187 cm³/mol. The lowest BCUT2D eigenvalue weighted by molar-refractivity contribution is -0.192. The lowest BCUT2D eigenvalue weighted by Gasteiger charge is -2.50. The van der Waals surface area contributed by atoms with Gasteiger partial charge in [-0.05, 0) is 55.2 Å². The molecule has 1 aliphatic heterocycles. The summed E-state index contributed by atoms with van der Waals surface area (Å²) in [5, 5.41) is 0.00420. The summed E-state index contributed by atoms with van der Waals surface area (Å²) in [7, 11) is 0.823. The topological polar surface area (TPSA) is 89.5 Å². The molecule has 2 aromatic carbocycles. The van der Waals surface area contributed by atoms with Crippen LogP contribution in [0.5, 0.6) is 5.75 Å².